The zero-order valence-corrected chi connectivity index (χ0v) is 23.7. The van der Waals surface area contributed by atoms with Crippen molar-refractivity contribution in [3.63, 3.8) is 0 Å². The molecule has 5 rings (SSSR count). The van der Waals surface area contributed by atoms with Crippen LogP contribution in [0.3, 0.4) is 0 Å². The number of aromatic nitrogens is 4. The molecule has 9 nitrogen and oxygen atoms in total. The van der Waals surface area contributed by atoms with Crippen molar-refractivity contribution < 1.29 is 26.7 Å². The van der Waals surface area contributed by atoms with Crippen molar-refractivity contribution >= 4 is 17.5 Å². The second-order valence-corrected chi connectivity index (χ2v) is 12.8. The van der Waals surface area contributed by atoms with E-state index in [9.17, 15) is 26.7 Å². The standard InChI is InChI=1S/C27H39F5N8O/c1-25(2,3)39-10-8-38(9-11-39)22-19(13-17-12-18(27(30,31)32)14-34-23(17)41)37-40-15-20(35-24(40)36-22)21(33)16-4-6-26(28,29)7-5-16/h15-18,21H,4-14,33H2,1-3H3,(H,34,41)/t17-,18-,21+/m1/s1. The third-order valence-corrected chi connectivity index (χ3v) is 8.89. The molecule has 14 heteroatoms. The van der Waals surface area contributed by atoms with Gasteiger partial charge in [0.2, 0.25) is 11.8 Å². The maximum atomic E-state index is 13.7. The molecule has 228 valence electrons. The summed E-state index contributed by atoms with van der Waals surface area (Å²) in [5, 5.41) is 7.12. The molecule has 2 aromatic rings. The van der Waals surface area contributed by atoms with E-state index < -0.39 is 42.4 Å². The molecule has 1 saturated carbocycles. The van der Waals surface area contributed by atoms with E-state index in [1.807, 2.05) is 4.90 Å². The maximum Gasteiger partial charge on any atom is 0.393 e. The van der Waals surface area contributed by atoms with Gasteiger partial charge in [0, 0.05) is 63.4 Å². The molecule has 0 spiro atoms. The summed E-state index contributed by atoms with van der Waals surface area (Å²) in [7, 11) is 0. The largest absolute Gasteiger partial charge is 0.393 e. The van der Waals surface area contributed by atoms with Gasteiger partial charge >= 0.3 is 6.18 Å². The van der Waals surface area contributed by atoms with Crippen LogP contribution in [0.2, 0.25) is 0 Å². The fraction of sp³-hybridized carbons (Fsp3) is 0.778. The lowest BCUT2D eigenvalue weighted by Gasteiger charge is -2.42. The van der Waals surface area contributed by atoms with Crippen molar-refractivity contribution in [1.29, 1.82) is 0 Å². The number of hydrogen-bond donors (Lipinski definition) is 2. The quantitative estimate of drug-likeness (QED) is 0.515. The summed E-state index contributed by atoms with van der Waals surface area (Å²) in [5.74, 6) is -5.03. The Balaban J connectivity index is 1.44. The van der Waals surface area contributed by atoms with Crippen molar-refractivity contribution in [2.45, 2.75) is 83.0 Å². The monoisotopic (exact) mass is 586 g/mol. The number of alkyl halides is 5. The van der Waals surface area contributed by atoms with Gasteiger partial charge in [-0.3, -0.25) is 9.69 Å². The lowest BCUT2D eigenvalue weighted by atomic mass is 9.81. The normalized spacial score (nSPS) is 25.9. The molecular weight excluding hydrogens is 547 g/mol. The number of carbonyl (C=O) groups excluding carboxylic acids is 1. The van der Waals surface area contributed by atoms with Gasteiger partial charge in [-0.2, -0.15) is 23.3 Å². The molecule has 3 atom stereocenters. The number of amides is 1. The highest BCUT2D eigenvalue weighted by Gasteiger charge is 2.45. The summed E-state index contributed by atoms with van der Waals surface area (Å²) in [6, 6.07) is -0.575. The number of halogens is 5. The number of nitrogens with one attached hydrogen (secondary N) is 1. The summed E-state index contributed by atoms with van der Waals surface area (Å²) in [5.41, 5.74) is 7.35. The summed E-state index contributed by atoms with van der Waals surface area (Å²) < 4.78 is 69.4. The van der Waals surface area contributed by atoms with Crippen LogP contribution in [0.25, 0.3) is 5.78 Å². The Bertz CT molecular complexity index is 1240. The molecule has 3 N–H and O–H groups in total. The first kappa shape index (κ1) is 29.9. The second kappa shape index (κ2) is 10.9. The van der Waals surface area contributed by atoms with E-state index >= 15 is 0 Å². The van der Waals surface area contributed by atoms with Crippen molar-refractivity contribution in [3.05, 3.63) is 17.6 Å². The molecule has 1 aliphatic carbocycles. The number of nitrogens with two attached hydrogens (primary N) is 1. The van der Waals surface area contributed by atoms with Crippen molar-refractivity contribution in [2.75, 3.05) is 37.6 Å². The Morgan fingerprint density at radius 1 is 1.10 bits per heavy atom. The fourth-order valence-electron chi connectivity index (χ4n) is 6.22. The van der Waals surface area contributed by atoms with Crippen LogP contribution in [-0.4, -0.2) is 80.8 Å². The molecule has 4 heterocycles. The fourth-order valence-corrected chi connectivity index (χ4v) is 6.22. The van der Waals surface area contributed by atoms with Crippen molar-refractivity contribution in [1.82, 2.24) is 29.8 Å². The number of fused-ring (bicyclic) bond motifs is 1. The average Bonchev–Trinajstić information content (AvgIpc) is 3.31. The number of piperidine rings is 1. The number of imidazole rings is 1. The van der Waals surface area contributed by atoms with Crippen molar-refractivity contribution in [3.8, 4) is 0 Å². The summed E-state index contributed by atoms with van der Waals surface area (Å²) >= 11 is 0. The van der Waals surface area contributed by atoms with Gasteiger partial charge in [0.1, 0.15) is 5.69 Å². The third-order valence-electron chi connectivity index (χ3n) is 8.89. The zero-order chi connectivity index (χ0) is 29.7. The Hall–Kier alpha value is -2.61. The average molecular weight is 587 g/mol. The van der Waals surface area contributed by atoms with Crippen LogP contribution in [0.1, 0.15) is 70.3 Å². The number of nitrogens with zero attached hydrogens (tertiary/aromatic N) is 6. The van der Waals surface area contributed by atoms with Crippen molar-refractivity contribution in [2.24, 2.45) is 23.5 Å². The maximum absolute atomic E-state index is 13.7. The topological polar surface area (TPSA) is 105 Å². The number of rotatable bonds is 5. The minimum absolute atomic E-state index is 0.00650. The summed E-state index contributed by atoms with van der Waals surface area (Å²) in [4.78, 5) is 26.4. The highest BCUT2D eigenvalue weighted by Crippen LogP contribution is 2.40. The SMILES string of the molecule is CC(C)(C)N1CCN(c2nc3nc([C@@H](N)C4CCC(F)(F)CC4)cn3nc2C[C@H]2C[C@@H](C(F)(F)F)CNC2=O)CC1. The Morgan fingerprint density at radius 3 is 2.37 bits per heavy atom. The third kappa shape index (κ3) is 6.58. The number of hydrogen-bond acceptors (Lipinski definition) is 7. The zero-order valence-electron chi connectivity index (χ0n) is 23.7. The Kier molecular flexibility index (Phi) is 7.94. The molecular formula is C27H39F5N8O. The molecule has 3 aliphatic rings. The number of anilines is 1. The molecule has 2 aliphatic heterocycles. The Morgan fingerprint density at radius 2 is 1.76 bits per heavy atom. The molecule has 0 unspecified atom stereocenters. The minimum atomic E-state index is -4.41. The second-order valence-electron chi connectivity index (χ2n) is 12.8. The predicted octanol–water partition coefficient (Wildman–Crippen LogP) is 3.73. The van der Waals surface area contributed by atoms with Gasteiger partial charge in [-0.05, 0) is 46.0 Å². The first-order valence-electron chi connectivity index (χ1n) is 14.3. The molecule has 3 fully saturated rings. The van der Waals surface area contributed by atoms with Gasteiger partial charge in [0.25, 0.3) is 5.78 Å². The highest BCUT2D eigenvalue weighted by atomic mass is 19.4. The predicted molar refractivity (Wildman–Crippen MR) is 143 cm³/mol. The van der Waals surface area contributed by atoms with E-state index in [-0.39, 0.29) is 55.8 Å². The minimum Gasteiger partial charge on any atom is -0.355 e. The number of carbonyl (C=O) groups is 1. The lowest BCUT2D eigenvalue weighted by molar-refractivity contribution is -0.183. The van der Waals surface area contributed by atoms with Gasteiger partial charge in [-0.1, -0.05) is 0 Å². The molecule has 2 aromatic heterocycles. The van der Waals surface area contributed by atoms with Gasteiger partial charge in [0.15, 0.2) is 5.82 Å². The van der Waals surface area contributed by atoms with Crippen LogP contribution in [0.5, 0.6) is 0 Å². The van der Waals surface area contributed by atoms with E-state index in [4.69, 9.17) is 15.8 Å². The van der Waals surface area contributed by atoms with Crippen LogP contribution in [-0.2, 0) is 11.2 Å². The van der Waals surface area contributed by atoms with Gasteiger partial charge in [0.05, 0.1) is 23.9 Å². The van der Waals surface area contributed by atoms with E-state index in [0.29, 0.717) is 30.3 Å². The smallest absolute Gasteiger partial charge is 0.355 e. The first-order chi connectivity index (χ1) is 19.1. The molecule has 0 radical (unpaired) electrons. The Labute approximate surface area is 236 Å². The summed E-state index contributed by atoms with van der Waals surface area (Å²) in [6.45, 7) is 8.76. The number of piperazine rings is 1. The van der Waals surface area contributed by atoms with Gasteiger partial charge in [-0.25, -0.2) is 18.3 Å². The molecule has 41 heavy (non-hydrogen) atoms. The van der Waals surface area contributed by atoms with E-state index in [1.54, 1.807) is 6.20 Å². The van der Waals surface area contributed by atoms with E-state index in [1.165, 1.54) is 4.52 Å². The summed E-state index contributed by atoms with van der Waals surface area (Å²) in [6.07, 6.45) is -2.98. The van der Waals surface area contributed by atoms with Crippen LogP contribution in [0, 0.1) is 17.8 Å². The highest BCUT2D eigenvalue weighted by molar-refractivity contribution is 5.80. The van der Waals surface area contributed by atoms with Gasteiger partial charge < -0.3 is 16.0 Å². The molecule has 1 amide bonds. The van der Waals surface area contributed by atoms with E-state index in [2.05, 4.69) is 36.0 Å². The molecule has 2 saturated heterocycles. The molecule has 0 bridgehead atoms. The van der Waals surface area contributed by atoms with Gasteiger partial charge in [-0.15, -0.1) is 0 Å². The first-order valence-corrected chi connectivity index (χ1v) is 14.3. The van der Waals surface area contributed by atoms with Crippen LogP contribution >= 0.6 is 0 Å². The van der Waals surface area contributed by atoms with Crippen LogP contribution in [0.15, 0.2) is 6.20 Å². The van der Waals surface area contributed by atoms with Crippen LogP contribution < -0.4 is 16.0 Å². The molecule has 0 aromatic carbocycles. The van der Waals surface area contributed by atoms with Crippen LogP contribution in [0.4, 0.5) is 27.8 Å². The lowest BCUT2D eigenvalue weighted by Crippen LogP contribution is -2.54. The van der Waals surface area contributed by atoms with E-state index in [0.717, 1.165) is 13.1 Å².